The zero-order valence-corrected chi connectivity index (χ0v) is 17.4. The lowest BCUT2D eigenvalue weighted by Crippen LogP contribution is -2.48. The number of likely N-dealkylation sites (tertiary alicyclic amines) is 1. The second-order valence-electron chi connectivity index (χ2n) is 9.33. The van der Waals surface area contributed by atoms with E-state index in [1.54, 1.807) is 17.0 Å². The van der Waals surface area contributed by atoms with Crippen molar-refractivity contribution in [2.45, 2.75) is 51.7 Å². The largest absolute Gasteiger partial charge is 0.444 e. The van der Waals surface area contributed by atoms with Gasteiger partial charge < -0.3 is 9.64 Å². The van der Waals surface area contributed by atoms with Crippen LogP contribution in [0.3, 0.4) is 0 Å². The molecule has 3 atom stereocenters. The highest BCUT2D eigenvalue weighted by Gasteiger charge is 2.50. The van der Waals surface area contributed by atoms with Crippen LogP contribution in [0.15, 0.2) is 36.4 Å². The Labute approximate surface area is 174 Å². The van der Waals surface area contributed by atoms with Crippen LogP contribution in [0.25, 0.3) is 11.1 Å². The standard InChI is InChI=1S/C24H26F3NO2/c1-24(2,3)30-23(29)28-8-7-14-11-20(14)21(28)12-15-5-4-6-19(22(15)27)16-9-17(25)13-18(26)10-16/h4-6,9-10,13-14,20-21H,7-8,11-12H2,1-3H3/t14-,20+,21+/m1/s1. The summed E-state index contributed by atoms with van der Waals surface area (Å²) in [5.41, 5.74) is 0.138. The van der Waals surface area contributed by atoms with Gasteiger partial charge in [-0.25, -0.2) is 18.0 Å². The molecule has 0 aromatic heterocycles. The predicted octanol–water partition coefficient (Wildman–Crippen LogP) is 5.96. The van der Waals surface area contributed by atoms with E-state index >= 15 is 4.39 Å². The van der Waals surface area contributed by atoms with Crippen molar-refractivity contribution in [3.63, 3.8) is 0 Å². The van der Waals surface area contributed by atoms with Crippen molar-refractivity contribution < 1.29 is 22.7 Å². The van der Waals surface area contributed by atoms with E-state index in [0.29, 0.717) is 30.4 Å². The van der Waals surface area contributed by atoms with E-state index in [-0.39, 0.29) is 23.3 Å². The Morgan fingerprint density at radius 2 is 1.83 bits per heavy atom. The van der Waals surface area contributed by atoms with Crippen LogP contribution in [0.5, 0.6) is 0 Å². The van der Waals surface area contributed by atoms with Gasteiger partial charge in [0.05, 0.1) is 0 Å². The van der Waals surface area contributed by atoms with E-state index in [9.17, 15) is 13.6 Å². The average Bonchev–Trinajstić information content (AvgIpc) is 3.41. The zero-order valence-electron chi connectivity index (χ0n) is 17.4. The minimum atomic E-state index is -0.751. The Balaban J connectivity index is 1.62. The Bertz CT molecular complexity index is 949. The van der Waals surface area contributed by atoms with Crippen LogP contribution >= 0.6 is 0 Å². The van der Waals surface area contributed by atoms with Gasteiger partial charge in [0.2, 0.25) is 0 Å². The lowest BCUT2D eigenvalue weighted by Gasteiger charge is -2.37. The first kappa shape index (κ1) is 20.8. The lowest BCUT2D eigenvalue weighted by molar-refractivity contribution is 0.00805. The second-order valence-corrected chi connectivity index (χ2v) is 9.33. The van der Waals surface area contributed by atoms with Crippen molar-refractivity contribution in [3.8, 4) is 11.1 Å². The van der Waals surface area contributed by atoms with E-state index in [1.165, 1.54) is 6.07 Å². The number of carbonyl (C=O) groups is 1. The van der Waals surface area contributed by atoms with Gasteiger partial charge >= 0.3 is 6.09 Å². The molecule has 1 aliphatic carbocycles. The predicted molar refractivity (Wildman–Crippen MR) is 108 cm³/mol. The first-order valence-corrected chi connectivity index (χ1v) is 10.4. The summed E-state index contributed by atoms with van der Waals surface area (Å²) in [6, 6.07) is 7.73. The van der Waals surface area contributed by atoms with Crippen molar-refractivity contribution in [1.82, 2.24) is 4.90 Å². The highest BCUT2D eigenvalue weighted by Crippen LogP contribution is 2.50. The fourth-order valence-electron chi connectivity index (χ4n) is 4.48. The summed E-state index contributed by atoms with van der Waals surface area (Å²) in [6.07, 6.45) is 1.94. The molecule has 0 unspecified atom stereocenters. The van der Waals surface area contributed by atoms with E-state index in [1.807, 2.05) is 20.8 Å². The van der Waals surface area contributed by atoms with Gasteiger partial charge in [-0.3, -0.25) is 0 Å². The van der Waals surface area contributed by atoms with Gasteiger partial charge in [0, 0.05) is 24.2 Å². The topological polar surface area (TPSA) is 29.5 Å². The molecule has 6 heteroatoms. The van der Waals surface area contributed by atoms with Crippen LogP contribution in [0.4, 0.5) is 18.0 Å². The molecule has 0 spiro atoms. The van der Waals surface area contributed by atoms with E-state index in [4.69, 9.17) is 4.74 Å². The van der Waals surface area contributed by atoms with Crippen LogP contribution in [-0.2, 0) is 11.2 Å². The Morgan fingerprint density at radius 3 is 2.50 bits per heavy atom. The molecule has 3 nitrogen and oxygen atoms in total. The quantitative estimate of drug-likeness (QED) is 0.617. The van der Waals surface area contributed by atoms with Crippen LogP contribution in [0.1, 0.15) is 39.2 Å². The molecule has 1 saturated heterocycles. The fourth-order valence-corrected chi connectivity index (χ4v) is 4.48. The minimum Gasteiger partial charge on any atom is -0.444 e. The Hall–Kier alpha value is -2.50. The molecular weight excluding hydrogens is 391 g/mol. The van der Waals surface area contributed by atoms with E-state index < -0.39 is 23.1 Å². The molecule has 1 saturated carbocycles. The summed E-state index contributed by atoms with van der Waals surface area (Å²) < 4.78 is 48.2. The van der Waals surface area contributed by atoms with E-state index in [2.05, 4.69) is 0 Å². The Kier molecular flexibility index (Phi) is 5.28. The number of nitrogens with zero attached hydrogens (tertiary/aromatic N) is 1. The van der Waals surface area contributed by atoms with E-state index in [0.717, 1.165) is 31.0 Å². The summed E-state index contributed by atoms with van der Waals surface area (Å²) in [5, 5.41) is 0. The molecule has 2 fully saturated rings. The molecule has 30 heavy (non-hydrogen) atoms. The maximum atomic E-state index is 15.3. The molecule has 2 aliphatic rings. The highest BCUT2D eigenvalue weighted by molar-refractivity contribution is 5.69. The van der Waals surface area contributed by atoms with Gasteiger partial charge in [0.15, 0.2) is 0 Å². The first-order chi connectivity index (χ1) is 14.1. The molecule has 1 amide bonds. The third kappa shape index (κ3) is 4.32. The third-order valence-corrected chi connectivity index (χ3v) is 5.92. The molecule has 160 valence electrons. The smallest absolute Gasteiger partial charge is 0.410 e. The number of hydrogen-bond acceptors (Lipinski definition) is 2. The molecule has 0 radical (unpaired) electrons. The minimum absolute atomic E-state index is 0.146. The number of fused-ring (bicyclic) bond motifs is 1. The van der Waals surface area contributed by atoms with Gasteiger partial charge in [0.25, 0.3) is 0 Å². The van der Waals surface area contributed by atoms with Crippen molar-refractivity contribution >= 4 is 6.09 Å². The van der Waals surface area contributed by atoms with Crippen molar-refractivity contribution in [2.75, 3.05) is 6.54 Å². The number of halogens is 3. The van der Waals surface area contributed by atoms with Gasteiger partial charge in [-0.2, -0.15) is 0 Å². The second kappa shape index (κ2) is 7.64. The molecule has 4 rings (SSSR count). The highest BCUT2D eigenvalue weighted by atomic mass is 19.1. The van der Waals surface area contributed by atoms with Gasteiger partial charge in [-0.15, -0.1) is 0 Å². The monoisotopic (exact) mass is 417 g/mol. The molecular formula is C24H26F3NO2. The first-order valence-electron chi connectivity index (χ1n) is 10.4. The number of carbonyl (C=O) groups excluding carboxylic acids is 1. The van der Waals surface area contributed by atoms with Gasteiger partial charge in [-0.05, 0) is 75.1 Å². The number of amides is 1. The van der Waals surface area contributed by atoms with Crippen LogP contribution in [0, 0.1) is 29.3 Å². The van der Waals surface area contributed by atoms with Crippen molar-refractivity contribution in [1.29, 1.82) is 0 Å². The molecule has 2 aromatic rings. The zero-order chi connectivity index (χ0) is 21.6. The van der Waals surface area contributed by atoms with Crippen LogP contribution in [-0.4, -0.2) is 29.2 Å². The van der Waals surface area contributed by atoms with Gasteiger partial charge in [-0.1, -0.05) is 18.2 Å². The summed E-state index contributed by atoms with van der Waals surface area (Å²) in [7, 11) is 0. The summed E-state index contributed by atoms with van der Waals surface area (Å²) >= 11 is 0. The van der Waals surface area contributed by atoms with Crippen LogP contribution in [0.2, 0.25) is 0 Å². The molecule has 1 heterocycles. The lowest BCUT2D eigenvalue weighted by atomic mass is 9.93. The summed E-state index contributed by atoms with van der Waals surface area (Å²) in [4.78, 5) is 14.5. The Morgan fingerprint density at radius 1 is 1.13 bits per heavy atom. The number of benzene rings is 2. The molecule has 1 aliphatic heterocycles. The maximum absolute atomic E-state index is 15.3. The van der Waals surface area contributed by atoms with Crippen molar-refractivity contribution in [2.24, 2.45) is 11.8 Å². The average molecular weight is 417 g/mol. The SMILES string of the molecule is CC(C)(C)OC(=O)N1CC[C@@H]2C[C@@H]2[C@@H]1Cc1cccc(-c2cc(F)cc(F)c2)c1F. The van der Waals surface area contributed by atoms with Crippen molar-refractivity contribution in [3.05, 3.63) is 59.4 Å². The number of piperidine rings is 1. The molecule has 2 aromatic carbocycles. The maximum Gasteiger partial charge on any atom is 0.410 e. The third-order valence-electron chi connectivity index (χ3n) is 5.92. The van der Waals surface area contributed by atoms with Gasteiger partial charge in [0.1, 0.15) is 23.1 Å². The molecule has 0 bridgehead atoms. The number of ether oxygens (including phenoxy) is 1. The van der Waals surface area contributed by atoms with Crippen LogP contribution < -0.4 is 0 Å². The summed E-state index contributed by atoms with van der Waals surface area (Å²) in [5.74, 6) is -1.11. The normalized spacial score (nSPS) is 23.1. The fraction of sp³-hybridized carbons (Fsp3) is 0.458. The summed E-state index contributed by atoms with van der Waals surface area (Å²) in [6.45, 7) is 6.07. The number of rotatable bonds is 3. The number of hydrogen-bond donors (Lipinski definition) is 0. The molecule has 0 N–H and O–H groups in total.